The second-order valence-electron chi connectivity index (χ2n) is 15.6. The Balaban J connectivity index is 1.55. The second kappa shape index (κ2) is 9.39. The fourth-order valence-electron chi connectivity index (χ4n) is 11.4. The molecular weight excluding hydrogens is 496 g/mol. The van der Waals surface area contributed by atoms with E-state index in [9.17, 15) is 30.3 Å². The van der Waals surface area contributed by atoms with Crippen LogP contribution in [0.5, 0.6) is 0 Å². The molecule has 0 radical (unpaired) electrons. The van der Waals surface area contributed by atoms with Crippen molar-refractivity contribution in [1.29, 1.82) is 0 Å². The van der Waals surface area contributed by atoms with E-state index in [0.717, 1.165) is 12.8 Å². The highest BCUT2D eigenvalue weighted by Crippen LogP contribution is 2.72. The minimum absolute atomic E-state index is 0.0498. The van der Waals surface area contributed by atoms with Crippen molar-refractivity contribution in [1.82, 2.24) is 0 Å². The zero-order valence-electron chi connectivity index (χ0n) is 25.3. The van der Waals surface area contributed by atoms with Crippen molar-refractivity contribution in [3.05, 3.63) is 0 Å². The summed E-state index contributed by atoms with van der Waals surface area (Å²) in [5, 5.41) is 57.3. The first-order valence-corrected chi connectivity index (χ1v) is 15.6. The molecule has 5 rings (SSSR count). The first-order chi connectivity index (χ1) is 18.0. The lowest BCUT2D eigenvalue weighted by Gasteiger charge is -2.68. The Kier molecular flexibility index (Phi) is 7.16. The Morgan fingerprint density at radius 2 is 1.54 bits per heavy atom. The van der Waals surface area contributed by atoms with Crippen LogP contribution in [0.2, 0.25) is 0 Å². The number of aliphatic hydroxyl groups excluding tert-OH is 4. The highest BCUT2D eigenvalue weighted by Gasteiger charge is 2.75. The van der Waals surface area contributed by atoms with Crippen molar-refractivity contribution < 1.29 is 35.1 Å². The van der Waals surface area contributed by atoms with Crippen molar-refractivity contribution in [2.24, 2.45) is 63.6 Å². The predicted octanol–water partition coefficient (Wildman–Crippen LogP) is 3.53. The number of fused-ring (bicyclic) bond motifs is 5. The molecule has 5 N–H and O–H groups in total. The number of carbonyl (C=O) groups excluding carboxylic acids is 1. The molecule has 0 bridgehead atoms. The molecule has 5 aliphatic rings. The highest BCUT2D eigenvalue weighted by atomic mass is 16.6. The van der Waals surface area contributed by atoms with Gasteiger partial charge in [-0.25, -0.2) is 0 Å². The van der Waals surface area contributed by atoms with E-state index in [2.05, 4.69) is 41.5 Å². The number of ether oxygens (including phenoxy) is 1. The third-order valence-electron chi connectivity index (χ3n) is 14.0. The molecule has 224 valence electrons. The van der Waals surface area contributed by atoms with Gasteiger partial charge in [0.1, 0.15) is 11.7 Å². The zero-order chi connectivity index (χ0) is 29.0. The van der Waals surface area contributed by atoms with Gasteiger partial charge >= 0.3 is 5.97 Å². The first-order valence-electron chi connectivity index (χ1n) is 15.6. The molecule has 5 fully saturated rings. The number of aliphatic hydroxyl groups is 5. The van der Waals surface area contributed by atoms with E-state index in [1.807, 2.05) is 0 Å². The molecule has 0 amide bonds. The molecule has 7 heteroatoms. The van der Waals surface area contributed by atoms with E-state index in [1.165, 1.54) is 13.3 Å². The van der Waals surface area contributed by atoms with E-state index in [1.54, 1.807) is 6.92 Å². The monoisotopic (exact) mass is 550 g/mol. The molecule has 16 atom stereocenters. The van der Waals surface area contributed by atoms with Gasteiger partial charge in [-0.2, -0.15) is 0 Å². The summed E-state index contributed by atoms with van der Waals surface area (Å²) in [6.45, 7) is 17.1. The number of carbonyl (C=O) groups is 1. The summed E-state index contributed by atoms with van der Waals surface area (Å²) in [6.07, 6.45) is -1.63. The number of rotatable bonds is 5. The van der Waals surface area contributed by atoms with Crippen LogP contribution < -0.4 is 0 Å². The number of hydrogen-bond donors (Lipinski definition) is 5. The van der Waals surface area contributed by atoms with E-state index < -0.39 is 58.8 Å². The summed E-state index contributed by atoms with van der Waals surface area (Å²) in [7, 11) is 0. The fraction of sp³-hybridized carbons (Fsp3) is 0.969. The summed E-state index contributed by atoms with van der Waals surface area (Å²) in [5.74, 6) is 1.35. The summed E-state index contributed by atoms with van der Waals surface area (Å²) in [5.41, 5.74) is -3.19. The summed E-state index contributed by atoms with van der Waals surface area (Å²) in [4.78, 5) is 12.5. The van der Waals surface area contributed by atoms with E-state index in [-0.39, 0.29) is 36.0 Å². The van der Waals surface area contributed by atoms with Crippen LogP contribution in [-0.4, -0.2) is 67.6 Å². The Hall–Kier alpha value is -0.730. The van der Waals surface area contributed by atoms with Gasteiger partial charge < -0.3 is 30.3 Å². The lowest BCUT2D eigenvalue weighted by molar-refractivity contribution is -0.324. The third-order valence-corrected chi connectivity index (χ3v) is 14.0. The molecular formula is C32H54O7. The van der Waals surface area contributed by atoms with Crippen LogP contribution in [0, 0.1) is 63.6 Å². The maximum Gasteiger partial charge on any atom is 0.303 e. The Labute approximate surface area is 234 Å². The minimum atomic E-state index is -1.74. The summed E-state index contributed by atoms with van der Waals surface area (Å²) in [6, 6.07) is 0. The van der Waals surface area contributed by atoms with E-state index >= 15 is 0 Å². The van der Waals surface area contributed by atoms with E-state index in [4.69, 9.17) is 4.74 Å². The summed E-state index contributed by atoms with van der Waals surface area (Å²) < 4.78 is 6.06. The SMILES string of the molecule is CC(=O)O[C@@H]1C(O)C2C(C[C@@H](O)C3(O)C[C@@H](O)CC(O)[C@]23C)C2CC[C@H](C(C)[C@H]3C[C@]3(C)C(C)C(C)C)[C@]21C. The average molecular weight is 551 g/mol. The van der Waals surface area contributed by atoms with Crippen LogP contribution >= 0.6 is 0 Å². The topological polar surface area (TPSA) is 127 Å². The van der Waals surface area contributed by atoms with Gasteiger partial charge in [-0.1, -0.05) is 48.5 Å². The molecule has 39 heavy (non-hydrogen) atoms. The maximum absolute atomic E-state index is 12.5. The van der Waals surface area contributed by atoms with Gasteiger partial charge in [-0.3, -0.25) is 4.79 Å². The van der Waals surface area contributed by atoms with Crippen molar-refractivity contribution in [3.8, 4) is 0 Å². The predicted molar refractivity (Wildman–Crippen MR) is 147 cm³/mol. The lowest BCUT2D eigenvalue weighted by atomic mass is 9.40. The van der Waals surface area contributed by atoms with Crippen molar-refractivity contribution in [3.63, 3.8) is 0 Å². The van der Waals surface area contributed by atoms with Gasteiger partial charge in [-0.05, 0) is 78.9 Å². The van der Waals surface area contributed by atoms with Crippen molar-refractivity contribution in [2.45, 2.75) is 130 Å². The van der Waals surface area contributed by atoms with Crippen molar-refractivity contribution in [2.75, 3.05) is 0 Å². The summed E-state index contributed by atoms with van der Waals surface area (Å²) >= 11 is 0. The Morgan fingerprint density at radius 1 is 0.897 bits per heavy atom. The lowest BCUT2D eigenvalue weighted by Crippen LogP contribution is -2.77. The molecule has 8 unspecified atom stereocenters. The Morgan fingerprint density at radius 3 is 2.13 bits per heavy atom. The molecule has 7 nitrogen and oxygen atoms in total. The first kappa shape index (κ1) is 29.8. The van der Waals surface area contributed by atoms with Crippen LogP contribution in [0.25, 0.3) is 0 Å². The van der Waals surface area contributed by atoms with Gasteiger partial charge in [-0.15, -0.1) is 0 Å². The maximum atomic E-state index is 12.5. The van der Waals surface area contributed by atoms with Gasteiger partial charge in [0.15, 0.2) is 0 Å². The minimum Gasteiger partial charge on any atom is -0.459 e. The molecule has 0 aromatic heterocycles. The van der Waals surface area contributed by atoms with Crippen LogP contribution in [-0.2, 0) is 9.53 Å². The number of hydrogen-bond acceptors (Lipinski definition) is 7. The second-order valence-corrected chi connectivity index (χ2v) is 15.6. The molecule has 0 heterocycles. The molecule has 0 aliphatic heterocycles. The zero-order valence-corrected chi connectivity index (χ0v) is 25.3. The van der Waals surface area contributed by atoms with Crippen molar-refractivity contribution >= 4 is 5.97 Å². The smallest absolute Gasteiger partial charge is 0.303 e. The Bertz CT molecular complexity index is 970. The van der Waals surface area contributed by atoms with E-state index in [0.29, 0.717) is 30.1 Å². The van der Waals surface area contributed by atoms with Crippen LogP contribution in [0.4, 0.5) is 0 Å². The quantitative estimate of drug-likeness (QED) is 0.331. The van der Waals surface area contributed by atoms with Gasteiger partial charge in [0.2, 0.25) is 0 Å². The van der Waals surface area contributed by atoms with Crippen LogP contribution in [0.1, 0.15) is 93.9 Å². The van der Waals surface area contributed by atoms with Crippen LogP contribution in [0.15, 0.2) is 0 Å². The average Bonchev–Trinajstić information content (AvgIpc) is 3.40. The molecule has 5 aliphatic carbocycles. The molecule has 0 spiro atoms. The molecule has 0 aromatic carbocycles. The number of esters is 1. The largest absolute Gasteiger partial charge is 0.459 e. The van der Waals surface area contributed by atoms with Gasteiger partial charge in [0.25, 0.3) is 0 Å². The molecule has 0 aromatic rings. The third kappa shape index (κ3) is 3.88. The van der Waals surface area contributed by atoms with Crippen LogP contribution in [0.3, 0.4) is 0 Å². The van der Waals surface area contributed by atoms with Gasteiger partial charge in [0.05, 0.1) is 24.4 Å². The fourth-order valence-corrected chi connectivity index (χ4v) is 11.4. The molecule has 0 saturated heterocycles. The van der Waals surface area contributed by atoms with Gasteiger partial charge in [0, 0.05) is 30.1 Å². The standard InChI is InChI=1S/C32H54O7/c1-15(2)17(4)29(6)14-23(29)16(3)21-9-10-22-20-12-25(36)32(38)13-19(34)11-24(35)31(32,8)26(20)27(37)28(30(21,22)7)39-18(5)33/h15-17,19-28,34-38H,9-14H2,1-8H3/t16?,17?,19-,20?,21+,22?,23+,24?,25+,26?,27?,28+,29+,30+,31+,32?/m0/s1. The normalized spacial score (nSPS) is 56.3. The molecule has 5 saturated carbocycles. The highest BCUT2D eigenvalue weighted by molar-refractivity contribution is 5.66.